The minimum atomic E-state index is 0.0695. The fourth-order valence-corrected chi connectivity index (χ4v) is 4.28. The molecule has 8 heteroatoms. The van der Waals surface area contributed by atoms with Gasteiger partial charge in [0, 0.05) is 18.7 Å². The van der Waals surface area contributed by atoms with E-state index in [9.17, 15) is 4.79 Å². The van der Waals surface area contributed by atoms with E-state index in [0.29, 0.717) is 40.6 Å². The molecule has 1 unspecified atom stereocenters. The van der Waals surface area contributed by atoms with Crippen LogP contribution < -0.4 is 9.47 Å². The van der Waals surface area contributed by atoms with Crippen molar-refractivity contribution in [3.05, 3.63) is 54.1 Å². The normalized spacial score (nSPS) is 14.1. The van der Waals surface area contributed by atoms with Crippen molar-refractivity contribution < 1.29 is 18.7 Å². The van der Waals surface area contributed by atoms with Crippen molar-refractivity contribution in [2.75, 3.05) is 20.0 Å². The molecule has 0 radical (unpaired) electrons. The van der Waals surface area contributed by atoms with Crippen molar-refractivity contribution in [3.8, 4) is 23.0 Å². The molecule has 3 aromatic rings. The van der Waals surface area contributed by atoms with Crippen LogP contribution in [0, 0.1) is 5.92 Å². The molecule has 1 aliphatic carbocycles. The lowest BCUT2D eigenvalue weighted by Gasteiger charge is -2.29. The number of nitrogens with zero attached hydrogens (tertiary/aromatic N) is 3. The summed E-state index contributed by atoms with van der Waals surface area (Å²) in [5.74, 6) is 2.49. The molecular weight excluding hydrogens is 426 g/mol. The van der Waals surface area contributed by atoms with Gasteiger partial charge in [0.05, 0.1) is 25.5 Å². The third-order valence-electron chi connectivity index (χ3n) is 5.68. The molecule has 4 rings (SSSR count). The van der Waals surface area contributed by atoms with E-state index in [1.54, 1.807) is 26.4 Å². The Labute approximate surface area is 192 Å². The molecule has 7 nitrogen and oxygen atoms in total. The summed E-state index contributed by atoms with van der Waals surface area (Å²) in [6.07, 6.45) is 2.37. The number of carbonyl (C=O) groups excluding carboxylic acids is 1. The van der Waals surface area contributed by atoms with Gasteiger partial charge in [0.1, 0.15) is 11.5 Å². The largest absolute Gasteiger partial charge is 0.497 e. The van der Waals surface area contributed by atoms with Gasteiger partial charge in [-0.2, -0.15) is 0 Å². The molecule has 32 heavy (non-hydrogen) atoms. The number of methoxy groups -OCH3 is 2. The van der Waals surface area contributed by atoms with Gasteiger partial charge >= 0.3 is 0 Å². The molecule has 1 aliphatic rings. The molecule has 1 aromatic heterocycles. The molecule has 0 saturated heterocycles. The molecule has 1 amide bonds. The van der Waals surface area contributed by atoms with E-state index in [2.05, 4.69) is 29.3 Å². The van der Waals surface area contributed by atoms with Gasteiger partial charge in [-0.15, -0.1) is 10.2 Å². The Morgan fingerprint density at radius 3 is 2.62 bits per heavy atom. The van der Waals surface area contributed by atoms with Crippen molar-refractivity contribution in [1.82, 2.24) is 15.1 Å². The molecule has 1 heterocycles. The fourth-order valence-electron chi connectivity index (χ4n) is 3.63. The van der Waals surface area contributed by atoms with E-state index in [0.717, 1.165) is 5.56 Å². The summed E-state index contributed by atoms with van der Waals surface area (Å²) in [5, 5.41) is 8.59. The third-order valence-corrected chi connectivity index (χ3v) is 6.48. The molecule has 0 aliphatic heterocycles. The molecule has 1 saturated carbocycles. The zero-order valence-corrected chi connectivity index (χ0v) is 19.3. The lowest BCUT2D eigenvalue weighted by atomic mass is 10.1. The average molecular weight is 454 g/mol. The fraction of sp³-hybridized carbons (Fsp3) is 0.375. The maximum absolute atomic E-state index is 13.1. The van der Waals surface area contributed by atoms with Crippen LogP contribution in [-0.4, -0.2) is 47.0 Å². The van der Waals surface area contributed by atoms with Crippen molar-refractivity contribution in [3.63, 3.8) is 0 Å². The number of rotatable bonds is 10. The molecule has 1 fully saturated rings. The van der Waals surface area contributed by atoms with Gasteiger partial charge < -0.3 is 18.8 Å². The Bertz CT molecular complexity index is 1050. The first kappa shape index (κ1) is 22.2. The Morgan fingerprint density at radius 2 is 1.94 bits per heavy atom. The van der Waals surface area contributed by atoms with E-state index in [1.165, 1.54) is 24.6 Å². The molecular formula is C24H27N3O4S. The summed E-state index contributed by atoms with van der Waals surface area (Å²) in [7, 11) is 3.17. The lowest BCUT2D eigenvalue weighted by molar-refractivity contribution is -0.131. The molecule has 0 bridgehead atoms. The topological polar surface area (TPSA) is 77.7 Å². The Balaban J connectivity index is 1.43. The summed E-state index contributed by atoms with van der Waals surface area (Å²) in [4.78, 5) is 15.1. The van der Waals surface area contributed by atoms with E-state index in [-0.39, 0.29) is 17.7 Å². The molecule has 168 valence electrons. The second-order valence-corrected chi connectivity index (χ2v) is 8.74. The first-order valence-corrected chi connectivity index (χ1v) is 11.6. The quantitative estimate of drug-likeness (QED) is 0.413. The van der Waals surface area contributed by atoms with Crippen LogP contribution in [-0.2, 0) is 11.3 Å². The van der Waals surface area contributed by atoms with Crippen LogP contribution in [0.5, 0.6) is 11.5 Å². The maximum atomic E-state index is 13.1. The lowest BCUT2D eigenvalue weighted by Crippen LogP contribution is -2.40. The monoisotopic (exact) mass is 453 g/mol. The number of carbonyl (C=O) groups is 1. The Hall–Kier alpha value is -3.00. The standard InChI is InChI=1S/C24H27N3O4S/c1-16(18-9-10-18)27(14-17-7-5-4-6-8-17)22(28)15-32-24-26-25-23(31-24)20-12-11-19(29-2)13-21(20)30-3/h4-8,11-13,16,18H,9-10,14-15H2,1-3H3. The molecule has 1 atom stereocenters. The summed E-state index contributed by atoms with van der Waals surface area (Å²) < 4.78 is 16.5. The van der Waals surface area contributed by atoms with E-state index >= 15 is 0 Å². The first-order valence-electron chi connectivity index (χ1n) is 10.6. The number of aromatic nitrogens is 2. The average Bonchev–Trinajstić information content (AvgIpc) is 3.58. The van der Waals surface area contributed by atoms with Gasteiger partial charge in [0.25, 0.3) is 11.1 Å². The second kappa shape index (κ2) is 10.1. The highest BCUT2D eigenvalue weighted by Crippen LogP contribution is 2.36. The zero-order valence-electron chi connectivity index (χ0n) is 18.5. The van der Waals surface area contributed by atoms with Crippen LogP contribution in [0.3, 0.4) is 0 Å². The van der Waals surface area contributed by atoms with E-state index in [1.807, 2.05) is 29.2 Å². The summed E-state index contributed by atoms with van der Waals surface area (Å²) >= 11 is 1.26. The summed E-state index contributed by atoms with van der Waals surface area (Å²) in [5.41, 5.74) is 1.80. The van der Waals surface area contributed by atoms with Gasteiger partial charge in [-0.05, 0) is 43.4 Å². The first-order chi connectivity index (χ1) is 15.6. The van der Waals surface area contributed by atoms with E-state index in [4.69, 9.17) is 13.9 Å². The Kier molecular flexibility index (Phi) is 6.99. The van der Waals surface area contributed by atoms with Crippen LogP contribution in [0.2, 0.25) is 0 Å². The number of ether oxygens (including phenoxy) is 2. The van der Waals surface area contributed by atoms with Gasteiger partial charge in [0.15, 0.2) is 0 Å². The smallest absolute Gasteiger partial charge is 0.277 e. The van der Waals surface area contributed by atoms with Crippen LogP contribution in [0.4, 0.5) is 0 Å². The maximum Gasteiger partial charge on any atom is 0.277 e. The molecule has 0 spiro atoms. The number of thioether (sulfide) groups is 1. The van der Waals surface area contributed by atoms with Crippen LogP contribution in [0.25, 0.3) is 11.5 Å². The van der Waals surface area contributed by atoms with Crippen LogP contribution in [0.1, 0.15) is 25.3 Å². The molecule has 0 N–H and O–H groups in total. The van der Waals surface area contributed by atoms with E-state index < -0.39 is 0 Å². The van der Waals surface area contributed by atoms with Gasteiger partial charge in [-0.25, -0.2) is 0 Å². The van der Waals surface area contributed by atoms with Gasteiger partial charge in [0.2, 0.25) is 5.91 Å². The predicted octanol–water partition coefficient (Wildman–Crippen LogP) is 4.67. The van der Waals surface area contributed by atoms with Crippen molar-refractivity contribution in [1.29, 1.82) is 0 Å². The number of benzene rings is 2. The van der Waals surface area contributed by atoms with Crippen LogP contribution in [0.15, 0.2) is 58.2 Å². The van der Waals surface area contributed by atoms with Gasteiger partial charge in [-0.3, -0.25) is 4.79 Å². The molecule has 2 aromatic carbocycles. The summed E-state index contributed by atoms with van der Waals surface area (Å²) in [6.45, 7) is 2.75. The minimum Gasteiger partial charge on any atom is -0.497 e. The van der Waals surface area contributed by atoms with Crippen molar-refractivity contribution in [2.45, 2.75) is 37.6 Å². The van der Waals surface area contributed by atoms with Crippen LogP contribution >= 0.6 is 11.8 Å². The zero-order chi connectivity index (χ0) is 22.5. The number of hydrogen-bond donors (Lipinski definition) is 0. The second-order valence-electron chi connectivity index (χ2n) is 7.81. The Morgan fingerprint density at radius 1 is 1.16 bits per heavy atom. The minimum absolute atomic E-state index is 0.0695. The summed E-state index contributed by atoms with van der Waals surface area (Å²) in [6, 6.07) is 15.7. The van der Waals surface area contributed by atoms with Crippen molar-refractivity contribution in [2.24, 2.45) is 5.92 Å². The highest BCUT2D eigenvalue weighted by Gasteiger charge is 2.34. The highest BCUT2D eigenvalue weighted by atomic mass is 32.2. The third kappa shape index (κ3) is 5.24. The van der Waals surface area contributed by atoms with Crippen molar-refractivity contribution >= 4 is 17.7 Å². The number of amides is 1. The predicted molar refractivity (Wildman–Crippen MR) is 123 cm³/mol. The van der Waals surface area contributed by atoms with Gasteiger partial charge in [-0.1, -0.05) is 42.1 Å². The SMILES string of the molecule is COc1ccc(-c2nnc(SCC(=O)N(Cc3ccccc3)C(C)C3CC3)o2)c(OC)c1. The highest BCUT2D eigenvalue weighted by molar-refractivity contribution is 7.99. The number of hydrogen-bond acceptors (Lipinski definition) is 7.